The van der Waals surface area contributed by atoms with Gasteiger partial charge in [0.15, 0.2) is 0 Å². The van der Waals surface area contributed by atoms with E-state index >= 15 is 0 Å². The molecule has 0 saturated heterocycles. The van der Waals surface area contributed by atoms with Crippen molar-refractivity contribution < 1.29 is 4.92 Å². The first-order chi connectivity index (χ1) is 8.97. The minimum Gasteiger partial charge on any atom is -0.364 e. The summed E-state index contributed by atoms with van der Waals surface area (Å²) in [7, 11) is 0. The number of hydrogen-bond donors (Lipinski definition) is 0. The quantitative estimate of drug-likeness (QED) is 0.592. The van der Waals surface area contributed by atoms with Crippen molar-refractivity contribution in [2.75, 3.05) is 18.0 Å². The van der Waals surface area contributed by atoms with E-state index in [0.29, 0.717) is 35.6 Å². The van der Waals surface area contributed by atoms with Crippen molar-refractivity contribution in [2.45, 2.75) is 20.3 Å². The predicted octanol–water partition coefficient (Wildman–Crippen LogP) is 3.13. The molecule has 0 bridgehead atoms. The van der Waals surface area contributed by atoms with Crippen molar-refractivity contribution >= 4 is 27.3 Å². The summed E-state index contributed by atoms with van der Waals surface area (Å²) in [6, 6.07) is 2.07. The maximum absolute atomic E-state index is 11.1. The summed E-state index contributed by atoms with van der Waals surface area (Å²) in [6.07, 6.45) is 3.08. The molecule has 0 aliphatic carbocycles. The molecule has 19 heavy (non-hydrogen) atoms. The van der Waals surface area contributed by atoms with Gasteiger partial charge in [-0.1, -0.05) is 13.8 Å². The number of anilines is 1. The Morgan fingerprint density at radius 1 is 1.58 bits per heavy atom. The molecule has 7 heteroatoms. The molecule has 102 valence electrons. The maximum atomic E-state index is 11.1. The summed E-state index contributed by atoms with van der Waals surface area (Å²) < 4.78 is 0.570. The molecule has 0 amide bonds. The average molecular weight is 327 g/mol. The van der Waals surface area contributed by atoms with Gasteiger partial charge in [0.1, 0.15) is 11.9 Å². The number of halogens is 1. The van der Waals surface area contributed by atoms with Crippen molar-refractivity contribution in [3.05, 3.63) is 27.0 Å². The van der Waals surface area contributed by atoms with Crippen molar-refractivity contribution in [2.24, 2.45) is 5.92 Å². The first-order valence-electron chi connectivity index (χ1n) is 5.87. The summed E-state index contributed by atoms with van der Waals surface area (Å²) >= 11 is 3.31. The first-order valence-corrected chi connectivity index (χ1v) is 6.66. The van der Waals surface area contributed by atoms with Gasteiger partial charge in [-0.15, -0.1) is 0 Å². The molecule has 0 N–H and O–H groups in total. The zero-order valence-electron chi connectivity index (χ0n) is 10.8. The van der Waals surface area contributed by atoms with Crippen LogP contribution in [0.15, 0.2) is 16.9 Å². The number of nitrogens with zero attached hydrogens (tertiary/aromatic N) is 4. The summed E-state index contributed by atoms with van der Waals surface area (Å²) in [5, 5.41) is 19.8. The van der Waals surface area contributed by atoms with Crippen LogP contribution in [-0.2, 0) is 0 Å². The average Bonchev–Trinajstić information content (AvgIpc) is 2.33. The van der Waals surface area contributed by atoms with E-state index in [4.69, 9.17) is 5.26 Å². The fourth-order valence-electron chi connectivity index (χ4n) is 1.78. The molecule has 1 aromatic heterocycles. The number of rotatable bonds is 6. The molecule has 0 fully saturated rings. The lowest BCUT2D eigenvalue weighted by Crippen LogP contribution is -2.29. The normalized spacial score (nSPS) is 10.3. The van der Waals surface area contributed by atoms with Gasteiger partial charge in [0, 0.05) is 19.3 Å². The van der Waals surface area contributed by atoms with E-state index < -0.39 is 4.92 Å². The second-order valence-electron chi connectivity index (χ2n) is 4.49. The van der Waals surface area contributed by atoms with Crippen molar-refractivity contribution in [1.29, 1.82) is 5.26 Å². The molecule has 0 aliphatic heterocycles. The third-order valence-electron chi connectivity index (χ3n) is 2.45. The lowest BCUT2D eigenvalue weighted by atomic mass is 10.2. The summed E-state index contributed by atoms with van der Waals surface area (Å²) in [4.78, 5) is 16.3. The number of nitriles is 1. The summed E-state index contributed by atoms with van der Waals surface area (Å²) in [5.41, 5.74) is 0.442. The Labute approximate surface area is 120 Å². The molecule has 0 atom stereocenters. The van der Waals surface area contributed by atoms with Crippen LogP contribution in [0, 0.1) is 27.4 Å². The molecule has 0 aliphatic rings. The molecule has 0 radical (unpaired) electrons. The van der Waals surface area contributed by atoms with Gasteiger partial charge in [0.2, 0.25) is 0 Å². The van der Waals surface area contributed by atoms with Crippen LogP contribution < -0.4 is 4.90 Å². The van der Waals surface area contributed by atoms with Crippen LogP contribution in [0.3, 0.4) is 0 Å². The highest BCUT2D eigenvalue weighted by Crippen LogP contribution is 2.35. The maximum Gasteiger partial charge on any atom is 0.311 e. The largest absolute Gasteiger partial charge is 0.364 e. The molecule has 1 aromatic rings. The van der Waals surface area contributed by atoms with Crippen LogP contribution >= 0.6 is 15.9 Å². The van der Waals surface area contributed by atoms with Crippen LogP contribution in [0.4, 0.5) is 11.4 Å². The molecular weight excluding hydrogens is 312 g/mol. The topological polar surface area (TPSA) is 83.1 Å². The van der Waals surface area contributed by atoms with Crippen LogP contribution in [-0.4, -0.2) is 23.0 Å². The summed E-state index contributed by atoms with van der Waals surface area (Å²) in [6.45, 7) is 5.16. The molecule has 0 spiro atoms. The second-order valence-corrected chi connectivity index (χ2v) is 5.35. The number of aromatic nitrogens is 1. The van der Waals surface area contributed by atoms with Gasteiger partial charge in [0.05, 0.1) is 21.9 Å². The van der Waals surface area contributed by atoms with Crippen LogP contribution in [0.5, 0.6) is 0 Å². The lowest BCUT2D eigenvalue weighted by Gasteiger charge is -2.26. The molecular formula is C12H15BrN4O2. The molecule has 0 aromatic carbocycles. The second kappa shape index (κ2) is 7.04. The number of hydrogen-bond acceptors (Lipinski definition) is 5. The van der Waals surface area contributed by atoms with E-state index in [1.807, 2.05) is 18.7 Å². The Balaban J connectivity index is 3.20. The van der Waals surface area contributed by atoms with Crippen LogP contribution in [0.1, 0.15) is 20.3 Å². The Bertz CT molecular complexity index is 499. The Hall–Kier alpha value is -1.68. The SMILES string of the molecule is CC(C)CN(CCC#N)c1c(Br)cncc1[N+](=O)[O-]. The van der Waals surface area contributed by atoms with Gasteiger partial charge in [-0.2, -0.15) is 5.26 Å². The minimum absolute atomic E-state index is 0.0482. The molecule has 1 rings (SSSR count). The van der Waals surface area contributed by atoms with Gasteiger partial charge in [-0.25, -0.2) is 0 Å². The Morgan fingerprint density at radius 2 is 2.26 bits per heavy atom. The highest BCUT2D eigenvalue weighted by Gasteiger charge is 2.23. The number of nitro groups is 1. The minimum atomic E-state index is -0.452. The van der Waals surface area contributed by atoms with Crippen LogP contribution in [0.2, 0.25) is 0 Å². The highest BCUT2D eigenvalue weighted by molar-refractivity contribution is 9.10. The predicted molar refractivity (Wildman–Crippen MR) is 75.9 cm³/mol. The van der Waals surface area contributed by atoms with E-state index in [2.05, 4.69) is 27.0 Å². The van der Waals surface area contributed by atoms with E-state index in [0.717, 1.165) is 0 Å². The lowest BCUT2D eigenvalue weighted by molar-refractivity contribution is -0.384. The molecule has 6 nitrogen and oxygen atoms in total. The third-order valence-corrected chi connectivity index (χ3v) is 3.03. The summed E-state index contributed by atoms with van der Waals surface area (Å²) in [5.74, 6) is 0.332. The Morgan fingerprint density at radius 3 is 2.79 bits per heavy atom. The van der Waals surface area contributed by atoms with Crippen molar-refractivity contribution in [3.63, 3.8) is 0 Å². The van der Waals surface area contributed by atoms with Crippen LogP contribution in [0.25, 0.3) is 0 Å². The zero-order chi connectivity index (χ0) is 14.4. The van der Waals surface area contributed by atoms with Crippen molar-refractivity contribution in [1.82, 2.24) is 4.98 Å². The fraction of sp³-hybridized carbons (Fsp3) is 0.500. The van der Waals surface area contributed by atoms with Gasteiger partial charge < -0.3 is 4.90 Å². The van der Waals surface area contributed by atoms with Gasteiger partial charge in [0.25, 0.3) is 0 Å². The third kappa shape index (κ3) is 4.17. The van der Waals surface area contributed by atoms with E-state index in [1.54, 1.807) is 0 Å². The van der Waals surface area contributed by atoms with E-state index in [9.17, 15) is 10.1 Å². The highest BCUT2D eigenvalue weighted by atomic mass is 79.9. The standard InChI is InChI=1S/C12H15BrN4O2/c1-9(2)8-16(5-3-4-14)12-10(13)6-15-7-11(12)17(18)19/h6-7,9H,3,5,8H2,1-2H3. The number of pyridine rings is 1. The van der Waals surface area contributed by atoms with Gasteiger partial charge in [-0.3, -0.25) is 15.1 Å². The molecule has 1 heterocycles. The van der Waals surface area contributed by atoms with Gasteiger partial charge >= 0.3 is 5.69 Å². The zero-order valence-corrected chi connectivity index (χ0v) is 12.4. The van der Waals surface area contributed by atoms with Crippen molar-refractivity contribution in [3.8, 4) is 6.07 Å². The van der Waals surface area contributed by atoms with Gasteiger partial charge in [-0.05, 0) is 21.8 Å². The smallest absolute Gasteiger partial charge is 0.311 e. The molecule has 0 saturated carbocycles. The van der Waals surface area contributed by atoms with E-state index in [1.165, 1.54) is 12.4 Å². The fourth-order valence-corrected chi connectivity index (χ4v) is 2.36. The molecule has 0 unspecified atom stereocenters. The first kappa shape index (κ1) is 15.4. The monoisotopic (exact) mass is 326 g/mol. The Kier molecular flexibility index (Phi) is 5.70. The van der Waals surface area contributed by atoms with E-state index in [-0.39, 0.29) is 5.69 Å².